The molecule has 0 spiro atoms. The summed E-state index contributed by atoms with van der Waals surface area (Å²) in [4.78, 5) is 0. The van der Waals surface area contributed by atoms with Crippen molar-refractivity contribution in [2.75, 3.05) is 0 Å². The molecule has 0 saturated carbocycles. The highest BCUT2D eigenvalue weighted by atomic mass is 14.4. The van der Waals surface area contributed by atoms with Crippen molar-refractivity contribution in [3.63, 3.8) is 0 Å². The van der Waals surface area contributed by atoms with Gasteiger partial charge in [0.05, 0.1) is 0 Å². The minimum absolute atomic E-state index is 0.370. The number of rotatable bonds is 1. The number of hydrogen-bond acceptors (Lipinski definition) is 1. The van der Waals surface area contributed by atoms with Crippen LogP contribution in [-0.2, 0) is 0 Å². The molecule has 0 aromatic carbocycles. The molecule has 1 aliphatic rings. The van der Waals surface area contributed by atoms with E-state index in [1.807, 2.05) is 0 Å². The Morgan fingerprint density at radius 3 is 3.00 bits per heavy atom. The Labute approximate surface area is 55.6 Å². The van der Waals surface area contributed by atoms with Gasteiger partial charge in [-0.15, -0.1) is 0 Å². The van der Waals surface area contributed by atoms with E-state index in [2.05, 4.69) is 25.2 Å². The Balaban J connectivity index is 2.69. The minimum atomic E-state index is 0.370. The van der Waals surface area contributed by atoms with Crippen molar-refractivity contribution < 1.29 is 0 Å². The minimum Gasteiger partial charge on any atom is -0.312 e. The molecule has 0 fully saturated rings. The fourth-order valence-electron chi connectivity index (χ4n) is 0.954. The molecule has 0 radical (unpaired) electrons. The molecule has 0 bridgehead atoms. The molecule has 1 aliphatic carbocycles. The van der Waals surface area contributed by atoms with Crippen molar-refractivity contribution in [1.82, 2.24) is 0 Å². The summed E-state index contributed by atoms with van der Waals surface area (Å²) in [5.41, 5.74) is 1.30. The van der Waals surface area contributed by atoms with E-state index in [0.29, 0.717) is 5.92 Å². The molecule has 0 saturated heterocycles. The second-order valence-corrected chi connectivity index (χ2v) is 2.35. The summed E-state index contributed by atoms with van der Waals surface area (Å²) in [5.74, 6) is 0.370. The maximum Gasteiger partial charge on any atom is 0.0180 e. The van der Waals surface area contributed by atoms with Crippen LogP contribution in [0.5, 0.6) is 0 Å². The molecule has 1 atom stereocenters. The first-order valence-corrected chi connectivity index (χ1v) is 3.18. The molecule has 48 valence electrons. The summed E-state index contributed by atoms with van der Waals surface area (Å²) in [7, 11) is 0. The molecule has 9 heavy (non-hydrogen) atoms. The van der Waals surface area contributed by atoms with Gasteiger partial charge in [0.1, 0.15) is 0 Å². The van der Waals surface area contributed by atoms with Crippen LogP contribution >= 0.6 is 0 Å². The summed E-state index contributed by atoms with van der Waals surface area (Å²) in [5, 5.41) is 7.03. The van der Waals surface area contributed by atoms with Crippen LogP contribution in [0.2, 0.25) is 0 Å². The van der Waals surface area contributed by atoms with Crippen LogP contribution in [0.4, 0.5) is 0 Å². The predicted molar refractivity (Wildman–Crippen MR) is 39.8 cm³/mol. The predicted octanol–water partition coefficient (Wildman–Crippen LogP) is 2.16. The Bertz CT molecular complexity index is 165. The number of allylic oxidation sites excluding steroid dienone is 4. The lowest BCUT2D eigenvalue weighted by atomic mass is 9.94. The van der Waals surface area contributed by atoms with Gasteiger partial charge in [0, 0.05) is 12.1 Å². The van der Waals surface area contributed by atoms with Crippen LogP contribution in [-0.4, -0.2) is 6.21 Å². The Hall–Kier alpha value is -0.850. The van der Waals surface area contributed by atoms with Crippen LogP contribution in [0.3, 0.4) is 0 Å². The van der Waals surface area contributed by atoms with Crippen molar-refractivity contribution >= 4 is 6.21 Å². The molecule has 1 N–H and O–H groups in total. The van der Waals surface area contributed by atoms with Gasteiger partial charge < -0.3 is 5.41 Å². The number of nitrogens with one attached hydrogen (secondary N) is 1. The average molecular weight is 121 g/mol. The summed E-state index contributed by atoms with van der Waals surface area (Å²) in [6.45, 7) is 2.07. The topological polar surface area (TPSA) is 23.9 Å². The molecule has 1 heteroatoms. The summed E-state index contributed by atoms with van der Waals surface area (Å²) in [6, 6.07) is 0. The fourth-order valence-corrected chi connectivity index (χ4v) is 0.954. The summed E-state index contributed by atoms with van der Waals surface area (Å²) >= 11 is 0. The molecular formula is C8H11N. The van der Waals surface area contributed by atoms with E-state index in [-0.39, 0.29) is 0 Å². The zero-order valence-corrected chi connectivity index (χ0v) is 5.59. The first-order valence-electron chi connectivity index (χ1n) is 3.18. The quantitative estimate of drug-likeness (QED) is 0.514. The highest BCUT2D eigenvalue weighted by Crippen LogP contribution is 2.16. The standard InChI is InChI=1S/C8H11N/c1-7-4-2-3-5-8(7)6-9/h2-4,6,8-9H,5H2,1H3. The van der Waals surface area contributed by atoms with Crippen molar-refractivity contribution in [3.8, 4) is 0 Å². The Kier molecular flexibility index (Phi) is 1.83. The molecular weight excluding hydrogens is 110 g/mol. The van der Waals surface area contributed by atoms with Gasteiger partial charge in [-0.05, 0) is 13.3 Å². The molecule has 1 rings (SSSR count). The van der Waals surface area contributed by atoms with Gasteiger partial charge in [0.2, 0.25) is 0 Å². The van der Waals surface area contributed by atoms with Gasteiger partial charge in [0.25, 0.3) is 0 Å². The molecule has 1 nitrogen and oxygen atoms in total. The largest absolute Gasteiger partial charge is 0.312 e. The molecule has 0 aromatic rings. The first-order chi connectivity index (χ1) is 4.34. The van der Waals surface area contributed by atoms with E-state index < -0.39 is 0 Å². The van der Waals surface area contributed by atoms with E-state index in [0.717, 1.165) is 6.42 Å². The van der Waals surface area contributed by atoms with E-state index in [1.54, 1.807) is 0 Å². The lowest BCUT2D eigenvalue weighted by molar-refractivity contribution is 0.820. The van der Waals surface area contributed by atoms with Gasteiger partial charge in [-0.25, -0.2) is 0 Å². The van der Waals surface area contributed by atoms with Crippen molar-refractivity contribution in [1.29, 1.82) is 5.41 Å². The Morgan fingerprint density at radius 2 is 2.56 bits per heavy atom. The van der Waals surface area contributed by atoms with E-state index in [4.69, 9.17) is 5.41 Å². The third-order valence-electron chi connectivity index (χ3n) is 1.67. The average Bonchev–Trinajstić information content (AvgIpc) is 1.89. The SMILES string of the molecule is CC1=CC=CCC1C=N. The first kappa shape index (κ1) is 6.27. The highest BCUT2D eigenvalue weighted by molar-refractivity contribution is 5.62. The van der Waals surface area contributed by atoms with Crippen molar-refractivity contribution in [3.05, 3.63) is 23.8 Å². The molecule has 0 aromatic heterocycles. The highest BCUT2D eigenvalue weighted by Gasteiger charge is 2.06. The van der Waals surface area contributed by atoms with Crippen LogP contribution in [0, 0.1) is 11.3 Å². The van der Waals surface area contributed by atoms with Gasteiger partial charge in [-0.3, -0.25) is 0 Å². The van der Waals surface area contributed by atoms with Crippen LogP contribution in [0.15, 0.2) is 23.8 Å². The maximum atomic E-state index is 7.03. The van der Waals surface area contributed by atoms with Crippen LogP contribution in [0.25, 0.3) is 0 Å². The monoisotopic (exact) mass is 121 g/mol. The zero-order chi connectivity index (χ0) is 6.69. The van der Waals surface area contributed by atoms with Gasteiger partial charge in [-0.2, -0.15) is 0 Å². The van der Waals surface area contributed by atoms with Gasteiger partial charge >= 0.3 is 0 Å². The third-order valence-corrected chi connectivity index (χ3v) is 1.67. The maximum absolute atomic E-state index is 7.03. The van der Waals surface area contributed by atoms with E-state index in [1.165, 1.54) is 11.8 Å². The van der Waals surface area contributed by atoms with E-state index in [9.17, 15) is 0 Å². The summed E-state index contributed by atoms with van der Waals surface area (Å²) in [6.07, 6.45) is 8.73. The van der Waals surface area contributed by atoms with Gasteiger partial charge in [0.15, 0.2) is 0 Å². The van der Waals surface area contributed by atoms with Crippen LogP contribution < -0.4 is 0 Å². The molecule has 1 unspecified atom stereocenters. The molecule has 0 aliphatic heterocycles. The molecule has 0 amide bonds. The van der Waals surface area contributed by atoms with E-state index >= 15 is 0 Å². The zero-order valence-electron chi connectivity index (χ0n) is 5.59. The normalized spacial score (nSPS) is 25.4. The van der Waals surface area contributed by atoms with Crippen molar-refractivity contribution in [2.45, 2.75) is 13.3 Å². The second kappa shape index (κ2) is 2.62. The number of hydrogen-bond donors (Lipinski definition) is 1. The fraction of sp³-hybridized carbons (Fsp3) is 0.375. The lowest BCUT2D eigenvalue weighted by Crippen LogP contribution is -2.03. The van der Waals surface area contributed by atoms with Gasteiger partial charge in [-0.1, -0.05) is 23.8 Å². The summed E-state index contributed by atoms with van der Waals surface area (Å²) < 4.78 is 0. The molecule has 0 heterocycles. The third kappa shape index (κ3) is 1.28. The smallest absolute Gasteiger partial charge is 0.0180 e. The lowest BCUT2D eigenvalue weighted by Gasteiger charge is -2.11. The second-order valence-electron chi connectivity index (χ2n) is 2.35. The van der Waals surface area contributed by atoms with Crippen LogP contribution in [0.1, 0.15) is 13.3 Å². The van der Waals surface area contributed by atoms with Crippen molar-refractivity contribution in [2.24, 2.45) is 5.92 Å². The Morgan fingerprint density at radius 1 is 1.78 bits per heavy atom.